The fraction of sp³-hybridized carbons (Fsp3) is 0.562. The lowest BCUT2D eigenvalue weighted by molar-refractivity contribution is -0.139. The molecule has 2 heterocycles. The SMILES string of the molecule is Cc1cc(C)c(S(=O)(=O)NC(CNC(=O)COC2CC(CNc3ccccn3)N(C(=O)CCC3CCCC3)C2)C(=O)O)c(C)c1. The third-order valence-corrected chi connectivity index (χ3v) is 10.3. The molecule has 0 radical (unpaired) electrons. The molecule has 0 bridgehead atoms. The van der Waals surface area contributed by atoms with Crippen molar-refractivity contribution in [2.75, 3.05) is 31.6 Å². The van der Waals surface area contributed by atoms with Crippen molar-refractivity contribution in [3.05, 3.63) is 53.2 Å². The molecule has 13 heteroatoms. The highest BCUT2D eigenvalue weighted by Gasteiger charge is 2.36. The molecule has 45 heavy (non-hydrogen) atoms. The van der Waals surface area contributed by atoms with Crippen LogP contribution in [0.25, 0.3) is 0 Å². The molecule has 4 rings (SSSR count). The summed E-state index contributed by atoms with van der Waals surface area (Å²) in [5, 5.41) is 15.4. The van der Waals surface area contributed by atoms with Crippen molar-refractivity contribution in [2.24, 2.45) is 5.92 Å². The zero-order valence-corrected chi connectivity index (χ0v) is 27.1. The maximum absolute atomic E-state index is 13.3. The van der Waals surface area contributed by atoms with Gasteiger partial charge in [-0.05, 0) is 62.8 Å². The number of ether oxygens (including phenoxy) is 1. The van der Waals surface area contributed by atoms with Gasteiger partial charge in [0.25, 0.3) is 0 Å². The molecule has 2 fully saturated rings. The predicted octanol–water partition coefficient (Wildman–Crippen LogP) is 2.92. The smallest absolute Gasteiger partial charge is 0.323 e. The topological polar surface area (TPSA) is 167 Å². The van der Waals surface area contributed by atoms with E-state index in [-0.39, 0.29) is 29.6 Å². The summed E-state index contributed by atoms with van der Waals surface area (Å²) >= 11 is 0. The maximum Gasteiger partial charge on any atom is 0.323 e. The van der Waals surface area contributed by atoms with Crippen LogP contribution >= 0.6 is 0 Å². The summed E-state index contributed by atoms with van der Waals surface area (Å²) in [6.07, 6.45) is 7.98. The van der Waals surface area contributed by atoms with Crippen molar-refractivity contribution in [1.82, 2.24) is 19.9 Å². The number of likely N-dealkylation sites (tertiary alicyclic amines) is 1. The molecule has 2 aliphatic rings. The minimum atomic E-state index is -4.17. The second-order valence-corrected chi connectivity index (χ2v) is 13.8. The first-order chi connectivity index (χ1) is 21.4. The van der Waals surface area contributed by atoms with Crippen LogP contribution in [0.2, 0.25) is 0 Å². The van der Waals surface area contributed by atoms with Crippen LogP contribution in [-0.2, 0) is 29.1 Å². The Bertz CT molecular complexity index is 1420. The number of aromatic nitrogens is 1. The largest absolute Gasteiger partial charge is 0.480 e. The Labute approximate surface area is 265 Å². The Morgan fingerprint density at radius 2 is 1.82 bits per heavy atom. The van der Waals surface area contributed by atoms with Crippen molar-refractivity contribution in [3.63, 3.8) is 0 Å². The number of sulfonamides is 1. The van der Waals surface area contributed by atoms with Crippen molar-refractivity contribution in [2.45, 2.75) is 88.8 Å². The molecule has 2 amide bonds. The third kappa shape index (κ3) is 9.72. The van der Waals surface area contributed by atoms with E-state index in [2.05, 4.69) is 20.3 Å². The predicted molar refractivity (Wildman–Crippen MR) is 169 cm³/mol. The van der Waals surface area contributed by atoms with Gasteiger partial charge in [0.1, 0.15) is 18.5 Å². The van der Waals surface area contributed by atoms with Crippen LogP contribution in [0.15, 0.2) is 41.4 Å². The van der Waals surface area contributed by atoms with Crippen molar-refractivity contribution < 1.29 is 32.6 Å². The highest BCUT2D eigenvalue weighted by Crippen LogP contribution is 2.30. The van der Waals surface area contributed by atoms with Crippen LogP contribution in [0.5, 0.6) is 0 Å². The van der Waals surface area contributed by atoms with Crippen molar-refractivity contribution in [1.29, 1.82) is 0 Å². The van der Waals surface area contributed by atoms with Crippen LogP contribution in [-0.4, -0.2) is 85.6 Å². The fourth-order valence-electron chi connectivity index (χ4n) is 6.43. The first-order valence-corrected chi connectivity index (χ1v) is 17.1. The average Bonchev–Trinajstić information content (AvgIpc) is 3.66. The number of hydrogen-bond acceptors (Lipinski definition) is 8. The molecule has 4 N–H and O–H groups in total. The Balaban J connectivity index is 1.30. The molecule has 246 valence electrons. The molecule has 12 nitrogen and oxygen atoms in total. The zero-order chi connectivity index (χ0) is 32.6. The molecule has 3 atom stereocenters. The number of anilines is 1. The number of nitrogens with one attached hydrogen (secondary N) is 3. The Hall–Kier alpha value is -3.55. The monoisotopic (exact) mass is 643 g/mol. The Morgan fingerprint density at radius 1 is 1.11 bits per heavy atom. The number of nitrogens with zero attached hydrogens (tertiary/aromatic N) is 2. The molecule has 1 saturated heterocycles. The van der Waals surface area contributed by atoms with Gasteiger partial charge in [-0.2, -0.15) is 4.72 Å². The number of carbonyl (C=O) groups excluding carboxylic acids is 2. The van der Waals surface area contributed by atoms with E-state index in [1.54, 1.807) is 32.2 Å². The highest BCUT2D eigenvalue weighted by atomic mass is 32.2. The van der Waals surface area contributed by atoms with E-state index in [1.807, 2.05) is 30.0 Å². The molecule has 0 spiro atoms. The highest BCUT2D eigenvalue weighted by molar-refractivity contribution is 7.89. The van der Waals surface area contributed by atoms with Crippen LogP contribution < -0.4 is 15.4 Å². The normalized spacial score (nSPS) is 19.4. The lowest BCUT2D eigenvalue weighted by Crippen LogP contribution is -2.49. The number of aryl methyl sites for hydroxylation is 3. The third-order valence-electron chi connectivity index (χ3n) is 8.54. The molecule has 2 aromatic rings. The summed E-state index contributed by atoms with van der Waals surface area (Å²) in [6, 6.07) is 7.26. The molecule has 1 aliphatic heterocycles. The van der Waals surface area contributed by atoms with E-state index in [4.69, 9.17) is 4.74 Å². The summed E-state index contributed by atoms with van der Waals surface area (Å²) in [5.74, 6) is -0.636. The van der Waals surface area contributed by atoms with Crippen LogP contribution in [0.1, 0.15) is 61.6 Å². The first-order valence-electron chi connectivity index (χ1n) is 15.6. The minimum Gasteiger partial charge on any atom is -0.480 e. The van der Waals surface area contributed by atoms with Gasteiger partial charge in [-0.3, -0.25) is 14.4 Å². The van der Waals surface area contributed by atoms with Gasteiger partial charge < -0.3 is 25.4 Å². The molecule has 1 aromatic heterocycles. The summed E-state index contributed by atoms with van der Waals surface area (Å²) in [5.41, 5.74) is 1.89. The lowest BCUT2D eigenvalue weighted by atomic mass is 10.0. The number of carbonyl (C=O) groups is 3. The zero-order valence-electron chi connectivity index (χ0n) is 26.3. The Kier molecular flexibility index (Phi) is 11.9. The maximum atomic E-state index is 13.3. The fourth-order valence-corrected chi connectivity index (χ4v) is 8.07. The quantitative estimate of drug-likeness (QED) is 0.228. The standard InChI is InChI=1S/C32H45N5O7S/c1-21-14-22(2)31(23(3)15-21)45(42,43)36-27(32(40)41)18-35-29(38)20-44-26-16-25(17-34-28-10-6-7-13-33-28)37(19-26)30(39)12-11-24-8-4-5-9-24/h6-7,10,13-15,24-27,36H,4-5,8-9,11-12,16-20H2,1-3H3,(H,33,34)(H,35,38)(H,40,41). The van der Waals surface area contributed by atoms with Crippen LogP contribution in [0.3, 0.4) is 0 Å². The molecule has 1 saturated carbocycles. The number of aliphatic carboxylic acids is 1. The van der Waals surface area contributed by atoms with Crippen LogP contribution in [0, 0.1) is 26.7 Å². The average molecular weight is 644 g/mol. The van der Waals surface area contributed by atoms with Gasteiger partial charge in [-0.1, -0.05) is 49.4 Å². The van der Waals surface area contributed by atoms with E-state index in [0.29, 0.717) is 48.8 Å². The van der Waals surface area contributed by atoms with Crippen molar-refractivity contribution >= 4 is 33.6 Å². The number of pyridine rings is 1. The lowest BCUT2D eigenvalue weighted by Gasteiger charge is -2.25. The minimum absolute atomic E-state index is 0.0182. The number of benzene rings is 1. The summed E-state index contributed by atoms with van der Waals surface area (Å²) in [7, 11) is -4.17. The van der Waals surface area contributed by atoms with E-state index in [1.165, 1.54) is 25.7 Å². The van der Waals surface area contributed by atoms with E-state index in [0.717, 1.165) is 12.0 Å². The first kappa shape index (κ1) is 34.3. The van der Waals surface area contributed by atoms with E-state index in [9.17, 15) is 27.9 Å². The summed E-state index contributed by atoms with van der Waals surface area (Å²) in [6.45, 7) is 5.15. The molecule has 1 aliphatic carbocycles. The van der Waals surface area contributed by atoms with Gasteiger partial charge in [0, 0.05) is 32.3 Å². The Morgan fingerprint density at radius 3 is 2.47 bits per heavy atom. The second kappa shape index (κ2) is 15.6. The number of rotatable bonds is 15. The number of amides is 2. The number of carboxylic acids is 1. The second-order valence-electron chi connectivity index (χ2n) is 12.2. The summed E-state index contributed by atoms with van der Waals surface area (Å²) in [4.78, 5) is 44.0. The van der Waals surface area contributed by atoms with E-state index < -0.39 is 34.5 Å². The summed E-state index contributed by atoms with van der Waals surface area (Å²) < 4.78 is 34.2. The van der Waals surface area contributed by atoms with Crippen LogP contribution in [0.4, 0.5) is 5.82 Å². The number of hydrogen-bond donors (Lipinski definition) is 4. The van der Waals surface area contributed by atoms with Gasteiger partial charge in [0.05, 0.1) is 17.0 Å². The van der Waals surface area contributed by atoms with Gasteiger partial charge in [0.15, 0.2) is 0 Å². The molecular weight excluding hydrogens is 598 g/mol. The molecule has 1 aromatic carbocycles. The number of carboxylic acid groups (broad SMARTS) is 1. The molecular formula is C32H45N5O7S. The van der Waals surface area contributed by atoms with Gasteiger partial charge >= 0.3 is 5.97 Å². The van der Waals surface area contributed by atoms with Gasteiger partial charge in [-0.15, -0.1) is 0 Å². The molecule has 3 unspecified atom stereocenters. The van der Waals surface area contributed by atoms with Gasteiger partial charge in [0.2, 0.25) is 21.8 Å². The van der Waals surface area contributed by atoms with E-state index >= 15 is 0 Å². The van der Waals surface area contributed by atoms with Crippen molar-refractivity contribution in [3.8, 4) is 0 Å². The van der Waals surface area contributed by atoms with Gasteiger partial charge in [-0.25, -0.2) is 13.4 Å².